The van der Waals surface area contributed by atoms with Crippen LogP contribution in [-0.4, -0.2) is 36.1 Å². The lowest BCUT2D eigenvalue weighted by Crippen LogP contribution is -2.45. The van der Waals surface area contributed by atoms with Gasteiger partial charge in [-0.2, -0.15) is 0 Å². The molecule has 3 aromatic rings. The van der Waals surface area contributed by atoms with Crippen LogP contribution in [0.1, 0.15) is 22.7 Å². The van der Waals surface area contributed by atoms with Gasteiger partial charge in [0.15, 0.2) is 0 Å². The maximum atomic E-state index is 3.47. The Morgan fingerprint density at radius 3 is 2.65 bits per heavy atom. The van der Waals surface area contributed by atoms with Crippen molar-refractivity contribution in [1.29, 1.82) is 0 Å². The minimum atomic E-state index is 0.313. The van der Waals surface area contributed by atoms with Gasteiger partial charge in [0, 0.05) is 43.3 Å². The van der Waals surface area contributed by atoms with E-state index in [1.807, 2.05) is 0 Å². The summed E-state index contributed by atoms with van der Waals surface area (Å²) in [5.41, 5.74) is 5.31. The molecule has 1 aromatic heterocycles. The van der Waals surface area contributed by atoms with Crippen LogP contribution >= 0.6 is 0 Å². The molecule has 2 heterocycles. The van der Waals surface area contributed by atoms with Crippen LogP contribution in [0.15, 0.2) is 54.7 Å². The van der Waals surface area contributed by atoms with Crippen molar-refractivity contribution in [1.82, 2.24) is 15.2 Å². The minimum absolute atomic E-state index is 0.313. The van der Waals surface area contributed by atoms with Crippen LogP contribution in [0.2, 0.25) is 0 Å². The summed E-state index contributed by atoms with van der Waals surface area (Å²) in [7, 11) is 0. The Morgan fingerprint density at radius 1 is 1.00 bits per heavy atom. The molecule has 0 radical (unpaired) electrons. The molecule has 0 amide bonds. The molecule has 0 aliphatic carbocycles. The topological polar surface area (TPSA) is 31.1 Å². The summed E-state index contributed by atoms with van der Waals surface area (Å²) in [6.07, 6.45) is 2.19. The monoisotopic (exact) mass is 305 g/mol. The standard InChI is InChI=1S/C20H23N3/c1-15-5-4-6-16(13-15)20(23-11-9-21-10-12-23)18-14-22-19-8-3-2-7-17(18)19/h2-8,13-14,20-22H,9-12H2,1H3. The van der Waals surface area contributed by atoms with Crippen molar-refractivity contribution < 1.29 is 0 Å². The number of para-hydroxylation sites is 1. The fourth-order valence-corrected chi connectivity index (χ4v) is 3.69. The highest BCUT2D eigenvalue weighted by atomic mass is 15.2. The van der Waals surface area contributed by atoms with E-state index >= 15 is 0 Å². The molecular weight excluding hydrogens is 282 g/mol. The van der Waals surface area contributed by atoms with Gasteiger partial charge in [0.25, 0.3) is 0 Å². The fraction of sp³-hybridized carbons (Fsp3) is 0.300. The number of aromatic nitrogens is 1. The number of H-pyrrole nitrogens is 1. The summed E-state index contributed by atoms with van der Waals surface area (Å²) in [6, 6.07) is 17.9. The van der Waals surface area contributed by atoms with Crippen molar-refractivity contribution in [3.05, 3.63) is 71.4 Å². The number of fused-ring (bicyclic) bond motifs is 1. The van der Waals surface area contributed by atoms with Gasteiger partial charge < -0.3 is 10.3 Å². The Bertz CT molecular complexity index is 799. The summed E-state index contributed by atoms with van der Waals surface area (Å²) in [4.78, 5) is 6.05. The van der Waals surface area contributed by atoms with Crippen LogP contribution in [0.4, 0.5) is 0 Å². The zero-order chi connectivity index (χ0) is 15.6. The summed E-state index contributed by atoms with van der Waals surface area (Å²) >= 11 is 0. The number of hydrogen-bond donors (Lipinski definition) is 2. The number of benzene rings is 2. The lowest BCUT2D eigenvalue weighted by molar-refractivity contribution is 0.199. The molecule has 1 aliphatic rings. The third-order valence-corrected chi connectivity index (χ3v) is 4.79. The summed E-state index contributed by atoms with van der Waals surface area (Å²) < 4.78 is 0. The van der Waals surface area contributed by atoms with Crippen LogP contribution in [0.25, 0.3) is 10.9 Å². The van der Waals surface area contributed by atoms with Crippen molar-refractivity contribution >= 4 is 10.9 Å². The molecule has 3 heteroatoms. The lowest BCUT2D eigenvalue weighted by atomic mass is 9.95. The van der Waals surface area contributed by atoms with E-state index in [1.54, 1.807) is 0 Å². The van der Waals surface area contributed by atoms with E-state index in [4.69, 9.17) is 0 Å². The molecule has 1 aliphatic heterocycles. The van der Waals surface area contributed by atoms with Crippen LogP contribution in [-0.2, 0) is 0 Å². The molecule has 4 rings (SSSR count). The van der Waals surface area contributed by atoms with Gasteiger partial charge >= 0.3 is 0 Å². The quantitative estimate of drug-likeness (QED) is 0.776. The van der Waals surface area contributed by atoms with E-state index < -0.39 is 0 Å². The van der Waals surface area contributed by atoms with Gasteiger partial charge in [0.1, 0.15) is 0 Å². The van der Waals surface area contributed by atoms with Gasteiger partial charge in [-0.1, -0.05) is 48.0 Å². The Labute approximate surface area is 137 Å². The smallest absolute Gasteiger partial charge is 0.0623 e. The molecule has 2 aromatic carbocycles. The predicted octanol–water partition coefficient (Wildman–Crippen LogP) is 3.47. The van der Waals surface area contributed by atoms with Crippen molar-refractivity contribution in [2.75, 3.05) is 26.2 Å². The van der Waals surface area contributed by atoms with E-state index in [-0.39, 0.29) is 0 Å². The third-order valence-electron chi connectivity index (χ3n) is 4.79. The first-order valence-corrected chi connectivity index (χ1v) is 8.40. The van der Waals surface area contributed by atoms with Crippen molar-refractivity contribution in [3.63, 3.8) is 0 Å². The number of rotatable bonds is 3. The number of hydrogen-bond acceptors (Lipinski definition) is 2. The Kier molecular flexibility index (Phi) is 3.90. The minimum Gasteiger partial charge on any atom is -0.361 e. The van der Waals surface area contributed by atoms with Gasteiger partial charge in [-0.15, -0.1) is 0 Å². The summed E-state index contributed by atoms with van der Waals surface area (Å²) in [5.74, 6) is 0. The number of nitrogens with one attached hydrogen (secondary N) is 2. The first-order chi connectivity index (χ1) is 11.3. The first kappa shape index (κ1) is 14.5. The summed E-state index contributed by atoms with van der Waals surface area (Å²) in [6.45, 7) is 6.46. The molecule has 0 saturated carbocycles. The van der Waals surface area contributed by atoms with E-state index in [1.165, 1.54) is 27.6 Å². The second-order valence-electron chi connectivity index (χ2n) is 6.39. The van der Waals surface area contributed by atoms with E-state index in [2.05, 4.69) is 76.9 Å². The van der Waals surface area contributed by atoms with Crippen LogP contribution in [0.3, 0.4) is 0 Å². The number of aromatic amines is 1. The zero-order valence-corrected chi connectivity index (χ0v) is 13.5. The molecule has 23 heavy (non-hydrogen) atoms. The highest BCUT2D eigenvalue weighted by Crippen LogP contribution is 2.34. The molecule has 1 saturated heterocycles. The van der Waals surface area contributed by atoms with Crippen molar-refractivity contribution in [3.8, 4) is 0 Å². The van der Waals surface area contributed by atoms with E-state index in [0.29, 0.717) is 6.04 Å². The van der Waals surface area contributed by atoms with E-state index in [0.717, 1.165) is 26.2 Å². The molecule has 1 atom stereocenters. The Hall–Kier alpha value is -2.10. The molecule has 118 valence electrons. The molecular formula is C20H23N3. The molecule has 0 bridgehead atoms. The average Bonchev–Trinajstić information content (AvgIpc) is 3.00. The molecule has 1 unspecified atom stereocenters. The predicted molar refractivity (Wildman–Crippen MR) is 95.8 cm³/mol. The highest BCUT2D eigenvalue weighted by Gasteiger charge is 2.26. The number of aryl methyl sites for hydroxylation is 1. The molecule has 0 spiro atoms. The van der Waals surface area contributed by atoms with Crippen LogP contribution in [0, 0.1) is 6.92 Å². The van der Waals surface area contributed by atoms with Gasteiger partial charge in [-0.05, 0) is 24.1 Å². The van der Waals surface area contributed by atoms with Crippen LogP contribution in [0.5, 0.6) is 0 Å². The second-order valence-corrected chi connectivity index (χ2v) is 6.39. The maximum absolute atomic E-state index is 3.47. The molecule has 3 nitrogen and oxygen atoms in total. The summed E-state index contributed by atoms with van der Waals surface area (Å²) in [5, 5.41) is 4.80. The van der Waals surface area contributed by atoms with Gasteiger partial charge in [0.05, 0.1) is 6.04 Å². The van der Waals surface area contributed by atoms with Gasteiger partial charge in [0.2, 0.25) is 0 Å². The highest BCUT2D eigenvalue weighted by molar-refractivity contribution is 5.84. The number of nitrogens with zero attached hydrogens (tertiary/aromatic N) is 1. The van der Waals surface area contributed by atoms with Crippen molar-refractivity contribution in [2.45, 2.75) is 13.0 Å². The van der Waals surface area contributed by atoms with Gasteiger partial charge in [-0.25, -0.2) is 0 Å². The Morgan fingerprint density at radius 2 is 1.83 bits per heavy atom. The Balaban J connectivity index is 1.84. The molecule has 1 fully saturated rings. The van der Waals surface area contributed by atoms with Crippen molar-refractivity contribution in [2.24, 2.45) is 0 Å². The fourth-order valence-electron chi connectivity index (χ4n) is 3.69. The third kappa shape index (κ3) is 2.78. The maximum Gasteiger partial charge on any atom is 0.0623 e. The normalized spacial score (nSPS) is 17.4. The first-order valence-electron chi connectivity index (χ1n) is 8.40. The average molecular weight is 305 g/mol. The zero-order valence-electron chi connectivity index (χ0n) is 13.5. The molecule has 2 N–H and O–H groups in total. The van der Waals surface area contributed by atoms with E-state index in [9.17, 15) is 0 Å². The van der Waals surface area contributed by atoms with Gasteiger partial charge in [-0.3, -0.25) is 4.90 Å². The SMILES string of the molecule is Cc1cccc(C(c2c[nH]c3ccccc23)N2CCNCC2)c1. The second kappa shape index (κ2) is 6.19. The van der Waals surface area contributed by atoms with Crippen LogP contribution < -0.4 is 5.32 Å². The largest absolute Gasteiger partial charge is 0.361 e. The number of piperazine rings is 1. The lowest BCUT2D eigenvalue weighted by Gasteiger charge is -2.35.